The summed E-state index contributed by atoms with van der Waals surface area (Å²) < 4.78 is 46.9. The molecule has 1 aliphatic rings. The molecule has 1 amide bonds. The molecule has 0 bridgehead atoms. The first-order valence-corrected chi connectivity index (χ1v) is 7.28. The van der Waals surface area contributed by atoms with E-state index in [4.69, 9.17) is 9.15 Å². The lowest BCUT2D eigenvalue weighted by atomic mass is 9.97. The zero-order valence-corrected chi connectivity index (χ0v) is 12.7. The minimum Gasteiger partial charge on any atom is -0.417 e. The Bertz CT molecular complexity index is 513. The van der Waals surface area contributed by atoms with Crippen LogP contribution in [-0.2, 0) is 15.7 Å². The number of nitrogens with zero attached hydrogens (tertiary/aromatic N) is 3. The Morgan fingerprint density at radius 1 is 1.39 bits per heavy atom. The van der Waals surface area contributed by atoms with Crippen LogP contribution in [0.2, 0.25) is 0 Å². The van der Waals surface area contributed by atoms with E-state index >= 15 is 0 Å². The number of methoxy groups -OCH3 is 1. The molecule has 0 spiro atoms. The van der Waals surface area contributed by atoms with Crippen molar-refractivity contribution in [1.82, 2.24) is 20.4 Å². The molecule has 0 aliphatic carbocycles. The second-order valence-electron chi connectivity index (χ2n) is 5.34. The molecule has 1 saturated heterocycles. The topological polar surface area (TPSA) is 80.5 Å². The summed E-state index contributed by atoms with van der Waals surface area (Å²) in [5, 5.41) is 9.26. The first-order valence-electron chi connectivity index (χ1n) is 7.28. The lowest BCUT2D eigenvalue weighted by Crippen LogP contribution is -2.41. The number of halogens is 3. The Hall–Kier alpha value is -1.68. The van der Waals surface area contributed by atoms with Crippen LogP contribution >= 0.6 is 0 Å². The average Bonchev–Trinajstić information content (AvgIpc) is 2.98. The summed E-state index contributed by atoms with van der Waals surface area (Å²) in [7, 11) is 1.55. The van der Waals surface area contributed by atoms with Gasteiger partial charge in [0, 0.05) is 19.6 Å². The molecule has 1 N–H and O–H groups in total. The van der Waals surface area contributed by atoms with E-state index in [0.717, 1.165) is 0 Å². The average molecular weight is 336 g/mol. The Morgan fingerprint density at radius 3 is 2.65 bits per heavy atom. The van der Waals surface area contributed by atoms with Crippen molar-refractivity contribution in [2.75, 3.05) is 39.9 Å². The predicted octanol–water partition coefficient (Wildman–Crippen LogP) is 1.03. The van der Waals surface area contributed by atoms with Gasteiger partial charge in [-0.1, -0.05) is 0 Å². The van der Waals surface area contributed by atoms with Gasteiger partial charge in [-0.3, -0.25) is 9.69 Å². The number of aromatic nitrogens is 2. The van der Waals surface area contributed by atoms with Gasteiger partial charge in [0.15, 0.2) is 0 Å². The van der Waals surface area contributed by atoms with Crippen molar-refractivity contribution in [3.05, 3.63) is 11.8 Å². The summed E-state index contributed by atoms with van der Waals surface area (Å²) in [6.45, 7) is 2.34. The molecule has 2 heterocycles. The molecule has 7 nitrogen and oxygen atoms in total. The normalized spacial score (nSPS) is 17.4. The van der Waals surface area contributed by atoms with Crippen molar-refractivity contribution in [2.45, 2.75) is 24.9 Å². The van der Waals surface area contributed by atoms with Crippen molar-refractivity contribution in [3.8, 4) is 0 Å². The van der Waals surface area contributed by atoms with Gasteiger partial charge in [-0.05, 0) is 25.9 Å². The molecule has 130 valence electrons. The maximum Gasteiger partial charge on any atom is 0.470 e. The fourth-order valence-corrected chi connectivity index (χ4v) is 2.40. The van der Waals surface area contributed by atoms with Crippen molar-refractivity contribution < 1.29 is 27.1 Å². The first-order chi connectivity index (χ1) is 10.9. The van der Waals surface area contributed by atoms with Crippen LogP contribution in [0, 0.1) is 0 Å². The van der Waals surface area contributed by atoms with Crippen LogP contribution in [0.5, 0.6) is 0 Å². The van der Waals surface area contributed by atoms with Gasteiger partial charge >= 0.3 is 12.1 Å². The van der Waals surface area contributed by atoms with E-state index < -0.39 is 12.1 Å². The molecule has 0 unspecified atom stereocenters. The second-order valence-corrected chi connectivity index (χ2v) is 5.34. The number of hydrogen-bond acceptors (Lipinski definition) is 6. The Labute approximate surface area is 131 Å². The summed E-state index contributed by atoms with van der Waals surface area (Å²) in [4.78, 5) is 13.6. The number of carbonyl (C=O) groups is 1. The molecule has 23 heavy (non-hydrogen) atoms. The summed E-state index contributed by atoms with van der Waals surface area (Å²) in [6.07, 6.45) is -3.47. The summed E-state index contributed by atoms with van der Waals surface area (Å²) in [5.41, 5.74) is 0. The van der Waals surface area contributed by atoms with Crippen molar-refractivity contribution >= 4 is 5.91 Å². The van der Waals surface area contributed by atoms with E-state index in [1.165, 1.54) is 0 Å². The standard InChI is InChI=1S/C13H19F3N4O3/c1-22-7-4-17-10(21)8-20-5-2-9(3-6-20)11-18-19-12(23-11)13(14,15)16/h9H,2-8H2,1H3,(H,17,21). The number of carbonyl (C=O) groups excluding carboxylic acids is 1. The van der Waals surface area contributed by atoms with Gasteiger partial charge in [-0.25, -0.2) is 0 Å². The number of hydrogen-bond donors (Lipinski definition) is 1. The maximum atomic E-state index is 12.4. The van der Waals surface area contributed by atoms with Crippen LogP contribution in [-0.4, -0.2) is 60.9 Å². The van der Waals surface area contributed by atoms with Crippen LogP contribution in [0.4, 0.5) is 13.2 Å². The summed E-state index contributed by atoms with van der Waals surface area (Å²) >= 11 is 0. The van der Waals surface area contributed by atoms with Crippen LogP contribution < -0.4 is 5.32 Å². The van der Waals surface area contributed by atoms with Crippen LogP contribution in [0.1, 0.15) is 30.5 Å². The van der Waals surface area contributed by atoms with E-state index in [-0.39, 0.29) is 24.3 Å². The van der Waals surface area contributed by atoms with E-state index in [9.17, 15) is 18.0 Å². The molecular formula is C13H19F3N4O3. The van der Waals surface area contributed by atoms with Gasteiger partial charge in [0.05, 0.1) is 13.2 Å². The highest BCUT2D eigenvalue weighted by Crippen LogP contribution is 2.32. The van der Waals surface area contributed by atoms with E-state index in [1.54, 1.807) is 7.11 Å². The number of nitrogens with one attached hydrogen (secondary N) is 1. The van der Waals surface area contributed by atoms with Crippen LogP contribution in [0.25, 0.3) is 0 Å². The van der Waals surface area contributed by atoms with Crippen LogP contribution in [0.3, 0.4) is 0 Å². The van der Waals surface area contributed by atoms with E-state index in [1.807, 2.05) is 4.90 Å². The first kappa shape index (κ1) is 17.7. The van der Waals surface area contributed by atoms with Gasteiger partial charge < -0.3 is 14.5 Å². The molecule has 1 fully saturated rings. The van der Waals surface area contributed by atoms with Gasteiger partial charge in [0.25, 0.3) is 0 Å². The quantitative estimate of drug-likeness (QED) is 0.782. The van der Waals surface area contributed by atoms with E-state index in [0.29, 0.717) is 39.1 Å². The minimum atomic E-state index is -4.62. The molecular weight excluding hydrogens is 317 g/mol. The zero-order valence-electron chi connectivity index (χ0n) is 12.7. The summed E-state index contributed by atoms with van der Waals surface area (Å²) in [5.74, 6) is -1.60. The highest BCUT2D eigenvalue weighted by atomic mass is 19.4. The molecule has 2 rings (SSSR count). The van der Waals surface area contributed by atoms with Crippen LogP contribution in [0.15, 0.2) is 4.42 Å². The monoisotopic (exact) mass is 336 g/mol. The number of alkyl halides is 3. The SMILES string of the molecule is COCCNC(=O)CN1CCC(c2nnc(C(F)(F)F)o2)CC1. The number of likely N-dealkylation sites (tertiary alicyclic amines) is 1. The second kappa shape index (κ2) is 7.73. The molecule has 1 aromatic heterocycles. The maximum absolute atomic E-state index is 12.4. The highest BCUT2D eigenvalue weighted by Gasteiger charge is 2.39. The van der Waals surface area contributed by atoms with Crippen molar-refractivity contribution in [3.63, 3.8) is 0 Å². The molecule has 0 radical (unpaired) electrons. The molecule has 0 atom stereocenters. The molecule has 10 heteroatoms. The molecule has 0 saturated carbocycles. The number of rotatable bonds is 6. The third-order valence-corrected chi connectivity index (χ3v) is 3.62. The largest absolute Gasteiger partial charge is 0.470 e. The fourth-order valence-electron chi connectivity index (χ4n) is 2.40. The highest BCUT2D eigenvalue weighted by molar-refractivity contribution is 5.77. The third kappa shape index (κ3) is 5.17. The molecule has 1 aliphatic heterocycles. The number of piperidine rings is 1. The van der Waals surface area contributed by atoms with Gasteiger partial charge in [0.1, 0.15) is 0 Å². The van der Waals surface area contributed by atoms with Crippen molar-refractivity contribution in [1.29, 1.82) is 0 Å². The molecule has 0 aromatic carbocycles. The van der Waals surface area contributed by atoms with Gasteiger partial charge in [-0.2, -0.15) is 13.2 Å². The van der Waals surface area contributed by atoms with Gasteiger partial charge in [-0.15, -0.1) is 10.2 Å². The lowest BCUT2D eigenvalue weighted by Gasteiger charge is -2.29. The fraction of sp³-hybridized carbons (Fsp3) is 0.769. The minimum absolute atomic E-state index is 0.0153. The van der Waals surface area contributed by atoms with E-state index in [2.05, 4.69) is 15.5 Å². The Kier molecular flexibility index (Phi) is 5.94. The molecule has 1 aromatic rings. The lowest BCUT2D eigenvalue weighted by molar-refractivity contribution is -0.157. The zero-order chi connectivity index (χ0) is 16.9. The number of amides is 1. The third-order valence-electron chi connectivity index (χ3n) is 3.62. The smallest absolute Gasteiger partial charge is 0.417 e. The summed E-state index contributed by atoms with van der Waals surface area (Å²) in [6, 6.07) is 0. The Balaban J connectivity index is 1.77. The predicted molar refractivity (Wildman–Crippen MR) is 72.6 cm³/mol. The van der Waals surface area contributed by atoms with Gasteiger partial charge in [0.2, 0.25) is 11.8 Å². The van der Waals surface area contributed by atoms with Crippen molar-refractivity contribution in [2.24, 2.45) is 0 Å². The Morgan fingerprint density at radius 2 is 2.09 bits per heavy atom. The number of ether oxygens (including phenoxy) is 1.